The lowest BCUT2D eigenvalue weighted by Gasteiger charge is -2.12. The summed E-state index contributed by atoms with van der Waals surface area (Å²) in [4.78, 5) is 10.6. The fourth-order valence-corrected chi connectivity index (χ4v) is 2.54. The van der Waals surface area contributed by atoms with Crippen LogP contribution >= 0.6 is 0 Å². The minimum atomic E-state index is -2.11. The van der Waals surface area contributed by atoms with Crippen LogP contribution in [0.15, 0.2) is 24.3 Å². The van der Waals surface area contributed by atoms with Gasteiger partial charge in [0, 0.05) is 0 Å². The molecule has 20 heavy (non-hydrogen) atoms. The van der Waals surface area contributed by atoms with Crippen LogP contribution < -0.4 is 0 Å². The molecule has 1 nitrogen and oxygen atoms in total. The fraction of sp³-hybridized carbons (Fsp3) is 0.188. The van der Waals surface area contributed by atoms with Gasteiger partial charge >= 0.3 is 6.04 Å². The topological polar surface area (TPSA) is 17.1 Å². The Hall–Kier alpha value is -2.10. The van der Waals surface area contributed by atoms with Crippen LogP contribution in [0.5, 0.6) is 0 Å². The Kier molecular flexibility index (Phi) is 3.66. The summed E-state index contributed by atoms with van der Waals surface area (Å²) in [5.74, 6) is -2.38. The van der Waals surface area contributed by atoms with Gasteiger partial charge < -0.3 is 0 Å². The van der Waals surface area contributed by atoms with Crippen LogP contribution in [0.2, 0.25) is 0 Å². The number of aryl methyl sites for hydroxylation is 3. The molecule has 0 unspecified atom stereocenters. The summed E-state index contributed by atoms with van der Waals surface area (Å²) >= 11 is 0. The lowest BCUT2D eigenvalue weighted by Crippen LogP contribution is -2.02. The lowest BCUT2D eigenvalue weighted by molar-refractivity contribution is 0.0826. The first-order chi connectivity index (χ1) is 9.31. The maximum atomic E-state index is 13.7. The molecule has 0 atom stereocenters. The van der Waals surface area contributed by atoms with Gasteiger partial charge in [0.25, 0.3) is 0 Å². The van der Waals surface area contributed by atoms with Crippen LogP contribution in [0.4, 0.5) is 13.2 Å². The Morgan fingerprint density at radius 1 is 0.900 bits per heavy atom. The highest BCUT2D eigenvalue weighted by Gasteiger charge is 2.19. The van der Waals surface area contributed by atoms with Gasteiger partial charge in [-0.3, -0.25) is 4.79 Å². The zero-order chi connectivity index (χ0) is 15.0. The van der Waals surface area contributed by atoms with E-state index in [9.17, 15) is 18.0 Å². The Balaban J connectivity index is 2.70. The van der Waals surface area contributed by atoms with Crippen LogP contribution in [0, 0.1) is 32.4 Å². The van der Waals surface area contributed by atoms with Gasteiger partial charge in [-0.25, -0.2) is 8.78 Å². The Morgan fingerprint density at radius 3 is 1.75 bits per heavy atom. The number of carbonyl (C=O) groups excluding carboxylic acids is 1. The van der Waals surface area contributed by atoms with Crippen LogP contribution in [-0.4, -0.2) is 6.04 Å². The van der Waals surface area contributed by atoms with Gasteiger partial charge in [0.05, 0.1) is 0 Å². The van der Waals surface area contributed by atoms with Crippen molar-refractivity contribution in [1.82, 2.24) is 0 Å². The predicted octanol–water partition coefficient (Wildman–Crippen LogP) is 4.67. The first-order valence-corrected chi connectivity index (χ1v) is 6.08. The summed E-state index contributed by atoms with van der Waals surface area (Å²) in [6.07, 6.45) is 0. The number of rotatable bonds is 2. The first-order valence-electron chi connectivity index (χ1n) is 6.08. The van der Waals surface area contributed by atoms with E-state index in [1.165, 1.54) is 0 Å². The summed E-state index contributed by atoms with van der Waals surface area (Å²) in [7, 11) is 0. The molecular formula is C16H13F3O. The number of carbonyl (C=O) groups is 1. The molecule has 0 bridgehead atoms. The monoisotopic (exact) mass is 278 g/mol. The highest BCUT2D eigenvalue weighted by molar-refractivity contribution is 5.90. The third-order valence-electron chi connectivity index (χ3n) is 3.20. The molecule has 0 saturated carbocycles. The van der Waals surface area contributed by atoms with Gasteiger partial charge in [0.2, 0.25) is 0 Å². The molecule has 2 aromatic carbocycles. The van der Waals surface area contributed by atoms with Gasteiger partial charge in [0.15, 0.2) is 0 Å². The molecule has 0 fully saturated rings. The second-order valence-corrected chi connectivity index (χ2v) is 4.86. The highest BCUT2D eigenvalue weighted by Crippen LogP contribution is 2.31. The van der Waals surface area contributed by atoms with Crippen LogP contribution in [0.25, 0.3) is 11.1 Å². The van der Waals surface area contributed by atoms with E-state index in [1.807, 2.05) is 32.9 Å². The number of hydrogen-bond acceptors (Lipinski definition) is 1. The number of hydrogen-bond donors (Lipinski definition) is 0. The Bertz CT molecular complexity index is 659. The van der Waals surface area contributed by atoms with E-state index in [4.69, 9.17) is 0 Å². The Morgan fingerprint density at radius 2 is 1.35 bits per heavy atom. The van der Waals surface area contributed by atoms with E-state index in [2.05, 4.69) is 0 Å². The molecule has 2 rings (SSSR count). The van der Waals surface area contributed by atoms with E-state index in [0.717, 1.165) is 28.8 Å². The maximum Gasteiger partial charge on any atom is 0.338 e. The summed E-state index contributed by atoms with van der Waals surface area (Å²) < 4.78 is 40.0. The van der Waals surface area contributed by atoms with Crippen LogP contribution in [-0.2, 0) is 0 Å². The third kappa shape index (κ3) is 2.46. The Labute approximate surface area is 115 Å². The molecule has 4 heteroatoms. The fourth-order valence-electron chi connectivity index (χ4n) is 2.54. The molecule has 0 aliphatic carbocycles. The lowest BCUT2D eigenvalue weighted by atomic mass is 9.93. The van der Waals surface area contributed by atoms with Gasteiger partial charge in [-0.1, -0.05) is 17.7 Å². The molecule has 0 N–H and O–H groups in total. The van der Waals surface area contributed by atoms with E-state index in [-0.39, 0.29) is 0 Å². The quantitative estimate of drug-likeness (QED) is 0.730. The molecule has 104 valence electrons. The van der Waals surface area contributed by atoms with Gasteiger partial charge in [-0.2, -0.15) is 4.39 Å². The van der Waals surface area contributed by atoms with Crippen molar-refractivity contribution in [3.05, 3.63) is 58.2 Å². The average Bonchev–Trinajstić information content (AvgIpc) is 2.25. The largest absolute Gasteiger partial charge is 0.338 e. The summed E-state index contributed by atoms with van der Waals surface area (Å²) in [6.45, 7) is 5.59. The summed E-state index contributed by atoms with van der Waals surface area (Å²) in [5.41, 5.74) is 2.60. The second-order valence-electron chi connectivity index (χ2n) is 4.86. The van der Waals surface area contributed by atoms with Crippen molar-refractivity contribution in [2.24, 2.45) is 0 Å². The van der Waals surface area contributed by atoms with Crippen molar-refractivity contribution in [2.45, 2.75) is 20.8 Å². The van der Waals surface area contributed by atoms with Crippen molar-refractivity contribution in [3.63, 3.8) is 0 Å². The second kappa shape index (κ2) is 5.12. The zero-order valence-corrected chi connectivity index (χ0v) is 11.4. The molecule has 0 radical (unpaired) electrons. The predicted molar refractivity (Wildman–Crippen MR) is 71.4 cm³/mol. The van der Waals surface area contributed by atoms with Crippen molar-refractivity contribution < 1.29 is 18.0 Å². The minimum Gasteiger partial charge on any atom is -0.255 e. The molecule has 0 heterocycles. The van der Waals surface area contributed by atoms with E-state index in [0.29, 0.717) is 11.1 Å². The smallest absolute Gasteiger partial charge is 0.255 e. The van der Waals surface area contributed by atoms with E-state index < -0.39 is 23.2 Å². The minimum absolute atomic E-state index is 0.292. The van der Waals surface area contributed by atoms with Gasteiger partial charge in [-0.05, 0) is 55.2 Å². The van der Waals surface area contributed by atoms with Crippen molar-refractivity contribution in [1.29, 1.82) is 0 Å². The third-order valence-corrected chi connectivity index (χ3v) is 3.20. The number of halogens is 3. The normalized spacial score (nSPS) is 10.7. The van der Waals surface area contributed by atoms with E-state index >= 15 is 0 Å². The molecule has 0 aliphatic heterocycles. The van der Waals surface area contributed by atoms with Gasteiger partial charge in [0.1, 0.15) is 17.2 Å². The van der Waals surface area contributed by atoms with E-state index in [1.54, 1.807) is 0 Å². The van der Waals surface area contributed by atoms with Crippen LogP contribution in [0.3, 0.4) is 0 Å². The standard InChI is InChI=1S/C16H13F3O/c1-8-4-9(2)14(10(3)5-8)11-6-12(17)15(16(19)20)13(18)7-11/h4-7H,1-3H3. The number of benzene rings is 2. The molecule has 0 aromatic heterocycles. The van der Waals surface area contributed by atoms with Crippen LogP contribution in [0.1, 0.15) is 27.0 Å². The maximum absolute atomic E-state index is 13.7. The SMILES string of the molecule is Cc1cc(C)c(-c2cc(F)c(C(=O)F)c(F)c2)c(C)c1. The summed E-state index contributed by atoms with van der Waals surface area (Å²) in [5, 5.41) is 0. The van der Waals surface area contributed by atoms with Crippen molar-refractivity contribution in [3.8, 4) is 11.1 Å². The van der Waals surface area contributed by atoms with Gasteiger partial charge in [-0.15, -0.1) is 0 Å². The highest BCUT2D eigenvalue weighted by atomic mass is 19.2. The molecule has 0 saturated heterocycles. The summed E-state index contributed by atoms with van der Waals surface area (Å²) in [6, 6.07) is 3.66. The average molecular weight is 278 g/mol. The van der Waals surface area contributed by atoms with Crippen molar-refractivity contribution >= 4 is 6.04 Å². The van der Waals surface area contributed by atoms with Crippen molar-refractivity contribution in [2.75, 3.05) is 0 Å². The first kappa shape index (κ1) is 14.3. The molecule has 0 aliphatic rings. The molecule has 0 amide bonds. The molecule has 2 aromatic rings. The zero-order valence-electron chi connectivity index (χ0n) is 11.4. The molecular weight excluding hydrogens is 265 g/mol. The molecule has 0 spiro atoms.